The number of hydrogen-bond acceptors (Lipinski definition) is 6. The second-order valence-corrected chi connectivity index (χ2v) is 7.23. The van der Waals surface area contributed by atoms with Crippen LogP contribution in [-0.4, -0.2) is 65.9 Å². The third-order valence-electron chi connectivity index (χ3n) is 5.56. The van der Waals surface area contributed by atoms with Gasteiger partial charge in [-0.25, -0.2) is 4.63 Å². The molecule has 7 heteroatoms. The summed E-state index contributed by atoms with van der Waals surface area (Å²) in [5.74, 6) is 0.309. The average molecular weight is 336 g/mol. The third-order valence-corrected chi connectivity index (χ3v) is 5.56. The zero-order chi connectivity index (χ0) is 17.0. The smallest absolute Gasteiger partial charge is 0.222 e. The molecule has 2 saturated heterocycles. The number of hydrogen-bond donors (Lipinski definition) is 0. The number of nitrogens with zero attached hydrogens (tertiary/aromatic N) is 4. The average Bonchev–Trinajstić information content (AvgIpc) is 2.98. The van der Waals surface area contributed by atoms with Crippen molar-refractivity contribution >= 4 is 5.91 Å². The molecule has 0 bridgehead atoms. The number of aryl methyl sites for hydroxylation is 1. The molecule has 2 aliphatic rings. The summed E-state index contributed by atoms with van der Waals surface area (Å²) in [6, 6.07) is 0. The van der Waals surface area contributed by atoms with Gasteiger partial charge in [0, 0.05) is 39.8 Å². The van der Waals surface area contributed by atoms with Gasteiger partial charge in [-0.1, -0.05) is 10.3 Å². The molecule has 134 valence electrons. The SMILES string of the molecule is COCCCN1CC2(CCC1=O)CCN(Cc1nonc1C)CC2. The molecule has 3 heterocycles. The van der Waals surface area contributed by atoms with E-state index in [2.05, 4.69) is 20.1 Å². The standard InChI is InChI=1S/C17H28N4O3/c1-14-15(19-24-18-14)12-20-9-6-17(7-10-20)5-4-16(22)21(13-17)8-3-11-23-2/h3-13H2,1-2H3. The lowest BCUT2D eigenvalue weighted by Gasteiger charge is -2.47. The van der Waals surface area contributed by atoms with Gasteiger partial charge in [-0.15, -0.1) is 0 Å². The number of aromatic nitrogens is 2. The first-order valence-corrected chi connectivity index (χ1v) is 8.89. The van der Waals surface area contributed by atoms with Crippen LogP contribution < -0.4 is 0 Å². The molecule has 1 spiro atoms. The van der Waals surface area contributed by atoms with Gasteiger partial charge in [-0.05, 0) is 51.1 Å². The molecule has 2 fully saturated rings. The lowest BCUT2D eigenvalue weighted by Crippen LogP contribution is -2.51. The van der Waals surface area contributed by atoms with Crippen molar-refractivity contribution in [1.82, 2.24) is 20.1 Å². The zero-order valence-electron chi connectivity index (χ0n) is 14.8. The van der Waals surface area contributed by atoms with Crippen LogP contribution in [0.2, 0.25) is 0 Å². The molecule has 0 aromatic carbocycles. The highest BCUT2D eigenvalue weighted by Crippen LogP contribution is 2.40. The highest BCUT2D eigenvalue weighted by Gasteiger charge is 2.40. The van der Waals surface area contributed by atoms with Gasteiger partial charge in [0.15, 0.2) is 0 Å². The minimum absolute atomic E-state index is 0.300. The van der Waals surface area contributed by atoms with E-state index in [1.807, 2.05) is 6.92 Å². The molecule has 0 radical (unpaired) electrons. The first kappa shape index (κ1) is 17.4. The molecule has 1 amide bonds. The largest absolute Gasteiger partial charge is 0.385 e. The number of piperidine rings is 2. The summed E-state index contributed by atoms with van der Waals surface area (Å²) in [5.41, 5.74) is 2.11. The van der Waals surface area contributed by atoms with E-state index in [0.717, 1.165) is 76.4 Å². The Kier molecular flexibility index (Phi) is 5.50. The molecule has 0 saturated carbocycles. The second kappa shape index (κ2) is 7.61. The summed E-state index contributed by atoms with van der Waals surface area (Å²) in [7, 11) is 1.71. The number of methoxy groups -OCH3 is 1. The van der Waals surface area contributed by atoms with Crippen molar-refractivity contribution in [3.05, 3.63) is 11.4 Å². The summed E-state index contributed by atoms with van der Waals surface area (Å²) in [4.78, 5) is 16.7. The quantitative estimate of drug-likeness (QED) is 0.735. The van der Waals surface area contributed by atoms with Gasteiger partial charge in [0.25, 0.3) is 0 Å². The van der Waals surface area contributed by atoms with Crippen LogP contribution in [-0.2, 0) is 16.1 Å². The fourth-order valence-electron chi connectivity index (χ4n) is 3.90. The summed E-state index contributed by atoms with van der Waals surface area (Å²) >= 11 is 0. The first-order chi connectivity index (χ1) is 11.6. The minimum atomic E-state index is 0.300. The van der Waals surface area contributed by atoms with E-state index in [9.17, 15) is 4.79 Å². The maximum absolute atomic E-state index is 12.2. The maximum Gasteiger partial charge on any atom is 0.222 e. The monoisotopic (exact) mass is 336 g/mol. The van der Waals surface area contributed by atoms with Crippen molar-refractivity contribution < 1.29 is 14.2 Å². The molecular weight excluding hydrogens is 308 g/mol. The van der Waals surface area contributed by atoms with Gasteiger partial charge < -0.3 is 9.64 Å². The molecule has 1 aromatic rings. The molecule has 1 aromatic heterocycles. The van der Waals surface area contributed by atoms with Gasteiger partial charge in [0.05, 0.1) is 0 Å². The van der Waals surface area contributed by atoms with E-state index in [1.54, 1.807) is 7.11 Å². The predicted molar refractivity (Wildman–Crippen MR) is 88.3 cm³/mol. The molecule has 0 atom stereocenters. The van der Waals surface area contributed by atoms with Crippen LogP contribution in [0, 0.1) is 12.3 Å². The van der Waals surface area contributed by atoms with Crippen LogP contribution in [0.1, 0.15) is 43.5 Å². The normalized spacial score (nSPS) is 21.6. The minimum Gasteiger partial charge on any atom is -0.385 e. The van der Waals surface area contributed by atoms with Crippen molar-refractivity contribution in [3.8, 4) is 0 Å². The molecule has 0 aliphatic carbocycles. The predicted octanol–water partition coefficient (Wildman–Crippen LogP) is 1.62. The van der Waals surface area contributed by atoms with E-state index in [-0.39, 0.29) is 0 Å². The Bertz CT molecular complexity index is 552. The summed E-state index contributed by atoms with van der Waals surface area (Å²) in [6.07, 6.45) is 4.93. The van der Waals surface area contributed by atoms with E-state index in [4.69, 9.17) is 9.37 Å². The third kappa shape index (κ3) is 3.95. The van der Waals surface area contributed by atoms with Crippen LogP contribution in [0.25, 0.3) is 0 Å². The topological polar surface area (TPSA) is 71.7 Å². The molecule has 2 aliphatic heterocycles. The summed E-state index contributed by atoms with van der Waals surface area (Å²) in [6.45, 7) is 7.29. The highest BCUT2D eigenvalue weighted by molar-refractivity contribution is 5.77. The van der Waals surface area contributed by atoms with Crippen LogP contribution in [0.15, 0.2) is 4.63 Å². The van der Waals surface area contributed by atoms with Crippen molar-refractivity contribution in [2.24, 2.45) is 5.41 Å². The fourth-order valence-corrected chi connectivity index (χ4v) is 3.90. The Balaban J connectivity index is 1.52. The lowest BCUT2D eigenvalue weighted by atomic mass is 9.72. The molecule has 3 rings (SSSR count). The maximum atomic E-state index is 12.2. The Morgan fingerprint density at radius 3 is 2.71 bits per heavy atom. The van der Waals surface area contributed by atoms with E-state index in [1.165, 1.54) is 0 Å². The second-order valence-electron chi connectivity index (χ2n) is 7.23. The van der Waals surface area contributed by atoms with E-state index < -0.39 is 0 Å². The van der Waals surface area contributed by atoms with Gasteiger partial charge in [-0.3, -0.25) is 9.69 Å². The van der Waals surface area contributed by atoms with Gasteiger partial charge in [0.2, 0.25) is 5.91 Å². The molecule has 24 heavy (non-hydrogen) atoms. The van der Waals surface area contributed by atoms with Gasteiger partial charge in [0.1, 0.15) is 11.4 Å². The van der Waals surface area contributed by atoms with Crippen molar-refractivity contribution in [3.63, 3.8) is 0 Å². The molecule has 0 N–H and O–H groups in total. The Morgan fingerprint density at radius 1 is 1.25 bits per heavy atom. The van der Waals surface area contributed by atoms with Crippen LogP contribution in [0.4, 0.5) is 0 Å². The molecule has 7 nitrogen and oxygen atoms in total. The summed E-state index contributed by atoms with van der Waals surface area (Å²) < 4.78 is 9.90. The van der Waals surface area contributed by atoms with E-state index >= 15 is 0 Å². The van der Waals surface area contributed by atoms with Crippen molar-refractivity contribution in [1.29, 1.82) is 0 Å². The number of ether oxygens (including phenoxy) is 1. The van der Waals surface area contributed by atoms with Crippen molar-refractivity contribution in [2.75, 3.05) is 39.9 Å². The van der Waals surface area contributed by atoms with Crippen LogP contribution >= 0.6 is 0 Å². The zero-order valence-corrected chi connectivity index (χ0v) is 14.8. The number of carbonyl (C=O) groups is 1. The van der Waals surface area contributed by atoms with Crippen molar-refractivity contribution in [2.45, 2.75) is 45.6 Å². The van der Waals surface area contributed by atoms with Gasteiger partial charge >= 0.3 is 0 Å². The Morgan fingerprint density at radius 2 is 2.04 bits per heavy atom. The fraction of sp³-hybridized carbons (Fsp3) is 0.824. The van der Waals surface area contributed by atoms with Crippen LogP contribution in [0.3, 0.4) is 0 Å². The van der Waals surface area contributed by atoms with Gasteiger partial charge in [-0.2, -0.15) is 0 Å². The molecular formula is C17H28N4O3. The first-order valence-electron chi connectivity index (χ1n) is 8.89. The Hall–Kier alpha value is -1.47. The number of likely N-dealkylation sites (tertiary alicyclic amines) is 2. The Labute approximate surface area is 143 Å². The lowest BCUT2D eigenvalue weighted by molar-refractivity contribution is -0.139. The molecule has 0 unspecified atom stereocenters. The van der Waals surface area contributed by atoms with Crippen LogP contribution in [0.5, 0.6) is 0 Å². The number of carbonyl (C=O) groups excluding carboxylic acids is 1. The number of rotatable bonds is 6. The highest BCUT2D eigenvalue weighted by atomic mass is 16.6. The number of amides is 1. The van der Waals surface area contributed by atoms with E-state index in [0.29, 0.717) is 17.7 Å². The summed E-state index contributed by atoms with van der Waals surface area (Å²) in [5, 5.41) is 7.84.